The number of aromatic nitrogens is 1. The Morgan fingerprint density at radius 1 is 0.941 bits per heavy atom. The number of rotatable bonds is 8. The van der Waals surface area contributed by atoms with E-state index in [-0.39, 0.29) is 17.9 Å². The Balaban J connectivity index is 1.47. The monoisotopic (exact) mass is 467 g/mol. The van der Waals surface area contributed by atoms with Crippen LogP contribution in [0.5, 0.6) is 0 Å². The fourth-order valence-corrected chi connectivity index (χ4v) is 4.48. The molecule has 1 heterocycles. The molecule has 0 fully saturated rings. The minimum atomic E-state index is -0.203. The van der Waals surface area contributed by atoms with E-state index >= 15 is 0 Å². The molecule has 0 aliphatic rings. The number of para-hydroxylation sites is 1. The molecule has 5 nitrogen and oxygen atoms in total. The number of hydrogen-bond acceptors (Lipinski definition) is 4. The predicted molar refractivity (Wildman–Crippen MR) is 138 cm³/mol. The van der Waals surface area contributed by atoms with Crippen molar-refractivity contribution in [3.63, 3.8) is 0 Å². The molecule has 1 N–H and O–H groups in total. The molecule has 1 unspecified atom stereocenters. The van der Waals surface area contributed by atoms with Crippen molar-refractivity contribution in [1.82, 2.24) is 10.3 Å². The van der Waals surface area contributed by atoms with Gasteiger partial charge in [-0.25, -0.2) is 4.98 Å². The maximum absolute atomic E-state index is 12.8. The molecule has 4 aromatic rings. The minimum absolute atomic E-state index is 0.125. The van der Waals surface area contributed by atoms with Crippen LogP contribution < -0.4 is 10.2 Å². The smallest absolute Gasteiger partial charge is 0.244 e. The molecule has 1 atom stereocenters. The van der Waals surface area contributed by atoms with Crippen molar-refractivity contribution in [2.24, 2.45) is 0 Å². The third kappa shape index (κ3) is 6.05. The molecular weight excluding hydrogens is 442 g/mol. The first-order chi connectivity index (χ1) is 16.6. The lowest BCUT2D eigenvalue weighted by molar-refractivity contribution is -0.117. The SMILES string of the molecule is CC(=O)N(c1ccccc1)c1nc(/C=C/C(=O)NC(Cc2ccccc2)c2ccccc2)cs1. The van der Waals surface area contributed by atoms with Crippen molar-refractivity contribution in [1.29, 1.82) is 0 Å². The van der Waals surface area contributed by atoms with Crippen LogP contribution in [-0.2, 0) is 16.0 Å². The van der Waals surface area contributed by atoms with Gasteiger partial charge in [0.15, 0.2) is 5.13 Å². The number of carbonyl (C=O) groups excluding carboxylic acids is 2. The molecule has 1 aromatic heterocycles. The Labute approximate surface area is 203 Å². The summed E-state index contributed by atoms with van der Waals surface area (Å²) in [6, 6.07) is 29.3. The van der Waals surface area contributed by atoms with Crippen molar-refractivity contribution >= 4 is 40.0 Å². The summed E-state index contributed by atoms with van der Waals surface area (Å²) in [6.45, 7) is 1.51. The number of amides is 2. The van der Waals surface area contributed by atoms with E-state index in [1.807, 2.05) is 84.2 Å². The number of benzene rings is 3. The molecule has 34 heavy (non-hydrogen) atoms. The van der Waals surface area contributed by atoms with Gasteiger partial charge in [0.1, 0.15) is 0 Å². The van der Waals surface area contributed by atoms with Crippen LogP contribution in [0, 0.1) is 0 Å². The molecule has 0 saturated heterocycles. The summed E-state index contributed by atoms with van der Waals surface area (Å²) in [7, 11) is 0. The molecule has 0 aliphatic carbocycles. The van der Waals surface area contributed by atoms with Crippen LogP contribution in [0.1, 0.15) is 29.8 Å². The van der Waals surface area contributed by atoms with E-state index in [0.717, 1.165) is 16.8 Å². The highest BCUT2D eigenvalue weighted by Crippen LogP contribution is 2.29. The minimum Gasteiger partial charge on any atom is -0.345 e. The summed E-state index contributed by atoms with van der Waals surface area (Å²) in [5.74, 6) is -0.328. The standard InChI is InChI=1S/C28H25N3O2S/c1-21(32)31(25-15-9-4-10-16-25)28-29-24(20-34-28)17-18-27(33)30-26(23-13-7-3-8-14-23)19-22-11-5-2-6-12-22/h2-18,20,26H,19H2,1H3,(H,30,33)/b18-17+. The zero-order valence-electron chi connectivity index (χ0n) is 18.8. The Morgan fingerprint density at radius 2 is 1.56 bits per heavy atom. The van der Waals surface area contributed by atoms with E-state index in [9.17, 15) is 9.59 Å². The molecule has 6 heteroatoms. The fraction of sp³-hybridized carbons (Fsp3) is 0.107. The highest BCUT2D eigenvalue weighted by atomic mass is 32.1. The summed E-state index contributed by atoms with van der Waals surface area (Å²) >= 11 is 1.36. The summed E-state index contributed by atoms with van der Waals surface area (Å²) < 4.78 is 0. The third-order valence-electron chi connectivity index (χ3n) is 5.24. The first kappa shape index (κ1) is 23.1. The van der Waals surface area contributed by atoms with Gasteiger partial charge in [0.25, 0.3) is 0 Å². The van der Waals surface area contributed by atoms with E-state index in [1.165, 1.54) is 24.3 Å². The van der Waals surface area contributed by atoms with Crippen molar-refractivity contribution in [2.45, 2.75) is 19.4 Å². The summed E-state index contributed by atoms with van der Waals surface area (Å²) in [4.78, 5) is 31.1. The van der Waals surface area contributed by atoms with Crippen LogP contribution >= 0.6 is 11.3 Å². The van der Waals surface area contributed by atoms with Gasteiger partial charge in [-0.2, -0.15) is 0 Å². The average Bonchev–Trinajstić information content (AvgIpc) is 3.32. The van der Waals surface area contributed by atoms with Gasteiger partial charge in [-0.1, -0.05) is 78.9 Å². The molecule has 0 bridgehead atoms. The second-order valence-electron chi connectivity index (χ2n) is 7.74. The third-order valence-corrected chi connectivity index (χ3v) is 6.08. The first-order valence-electron chi connectivity index (χ1n) is 11.0. The van der Waals surface area contributed by atoms with E-state index in [1.54, 1.807) is 11.0 Å². The average molecular weight is 468 g/mol. The van der Waals surface area contributed by atoms with Crippen molar-refractivity contribution in [2.75, 3.05) is 4.90 Å². The molecule has 4 rings (SSSR count). The summed E-state index contributed by atoms with van der Waals surface area (Å²) in [5.41, 5.74) is 3.57. The van der Waals surface area contributed by atoms with Crippen LogP contribution in [0.4, 0.5) is 10.8 Å². The lowest BCUT2D eigenvalue weighted by Gasteiger charge is -2.18. The van der Waals surface area contributed by atoms with E-state index in [2.05, 4.69) is 22.4 Å². The maximum Gasteiger partial charge on any atom is 0.244 e. The number of hydrogen-bond donors (Lipinski definition) is 1. The van der Waals surface area contributed by atoms with E-state index in [4.69, 9.17) is 0 Å². The van der Waals surface area contributed by atoms with Gasteiger partial charge in [0, 0.05) is 18.4 Å². The second kappa shape index (κ2) is 11.2. The van der Waals surface area contributed by atoms with Crippen LogP contribution in [0.15, 0.2) is 102 Å². The molecular formula is C28H25N3O2S. The Hall–Kier alpha value is -4.03. The zero-order chi connectivity index (χ0) is 23.8. The van der Waals surface area contributed by atoms with Crippen LogP contribution in [-0.4, -0.2) is 16.8 Å². The Bertz CT molecular complexity index is 1250. The zero-order valence-corrected chi connectivity index (χ0v) is 19.6. The molecule has 0 aliphatic heterocycles. The second-order valence-corrected chi connectivity index (χ2v) is 8.58. The molecule has 2 amide bonds. The number of thiazole rings is 1. The first-order valence-corrected chi connectivity index (χ1v) is 11.9. The lowest BCUT2D eigenvalue weighted by Crippen LogP contribution is -2.28. The molecule has 0 radical (unpaired) electrons. The normalized spacial score (nSPS) is 11.8. The van der Waals surface area contributed by atoms with Gasteiger partial charge in [-0.3, -0.25) is 14.5 Å². The largest absolute Gasteiger partial charge is 0.345 e. The highest BCUT2D eigenvalue weighted by Gasteiger charge is 2.17. The Kier molecular flexibility index (Phi) is 7.63. The number of nitrogens with zero attached hydrogens (tertiary/aromatic N) is 2. The summed E-state index contributed by atoms with van der Waals surface area (Å²) in [5, 5.41) is 5.50. The van der Waals surface area contributed by atoms with Crippen molar-refractivity contribution < 1.29 is 9.59 Å². The van der Waals surface area contributed by atoms with Gasteiger partial charge in [0.05, 0.1) is 17.4 Å². The predicted octanol–water partition coefficient (Wildman–Crippen LogP) is 5.94. The number of carbonyl (C=O) groups is 2. The van der Waals surface area contributed by atoms with Crippen molar-refractivity contribution in [3.8, 4) is 0 Å². The molecule has 170 valence electrons. The molecule has 3 aromatic carbocycles. The van der Waals surface area contributed by atoms with Gasteiger partial charge in [0.2, 0.25) is 11.8 Å². The quantitative estimate of drug-likeness (QED) is 0.326. The fourth-order valence-electron chi connectivity index (χ4n) is 3.63. The highest BCUT2D eigenvalue weighted by molar-refractivity contribution is 7.14. The lowest BCUT2D eigenvalue weighted by atomic mass is 9.99. The Morgan fingerprint density at radius 3 is 2.21 bits per heavy atom. The maximum atomic E-state index is 12.8. The van der Waals surface area contributed by atoms with Crippen LogP contribution in [0.25, 0.3) is 6.08 Å². The van der Waals surface area contributed by atoms with E-state index in [0.29, 0.717) is 17.2 Å². The summed E-state index contributed by atoms with van der Waals surface area (Å²) in [6.07, 6.45) is 3.85. The van der Waals surface area contributed by atoms with Crippen molar-refractivity contribution in [3.05, 3.63) is 119 Å². The number of nitrogens with one attached hydrogen (secondary N) is 1. The van der Waals surface area contributed by atoms with Crippen LogP contribution in [0.3, 0.4) is 0 Å². The van der Waals surface area contributed by atoms with Crippen LogP contribution in [0.2, 0.25) is 0 Å². The van der Waals surface area contributed by atoms with Gasteiger partial charge < -0.3 is 5.32 Å². The van der Waals surface area contributed by atoms with Gasteiger partial charge in [-0.15, -0.1) is 11.3 Å². The van der Waals surface area contributed by atoms with E-state index < -0.39 is 0 Å². The topological polar surface area (TPSA) is 62.3 Å². The molecule has 0 spiro atoms. The number of anilines is 2. The molecule has 0 saturated carbocycles. The van der Waals surface area contributed by atoms with Gasteiger partial charge in [-0.05, 0) is 35.8 Å². The van der Waals surface area contributed by atoms with Gasteiger partial charge >= 0.3 is 0 Å².